The lowest BCUT2D eigenvalue weighted by atomic mass is 10.2. The quantitative estimate of drug-likeness (QED) is 0.601. The lowest BCUT2D eigenvalue weighted by Crippen LogP contribution is -2.18. The molecular weight excluding hydrogens is 162 g/mol. The fourth-order valence-electron chi connectivity index (χ4n) is 0.748. The van der Waals surface area contributed by atoms with Crippen LogP contribution >= 0.6 is 0 Å². The molecule has 62 valence electrons. The average molecular weight is 167 g/mol. The number of carboxylic acids is 1. The highest BCUT2D eigenvalue weighted by molar-refractivity contribution is 5.89. The van der Waals surface area contributed by atoms with Crippen molar-refractivity contribution in [3.8, 4) is 0 Å². The topological polar surface area (TPSA) is 87.2 Å². The normalized spacial score (nSPS) is 9.33. The fourth-order valence-corrected chi connectivity index (χ4v) is 0.748. The van der Waals surface area contributed by atoms with Crippen LogP contribution in [0.15, 0.2) is 17.2 Å². The first kappa shape index (κ1) is 8.19. The van der Waals surface area contributed by atoms with Crippen molar-refractivity contribution in [3.05, 3.63) is 33.7 Å². The molecule has 0 bridgehead atoms. The van der Waals surface area contributed by atoms with Gasteiger partial charge in [-0.05, 0) is 0 Å². The molecule has 1 aromatic heterocycles. The van der Waals surface area contributed by atoms with E-state index in [1.807, 2.05) is 0 Å². The SMILES string of the molecule is O=Cc1c[nH]cc(C(=O)O)c1=O. The third-order valence-corrected chi connectivity index (χ3v) is 1.33. The smallest absolute Gasteiger partial charge is 0.341 e. The van der Waals surface area contributed by atoms with E-state index < -0.39 is 17.0 Å². The molecule has 0 atom stereocenters. The number of aromatic amines is 1. The summed E-state index contributed by atoms with van der Waals surface area (Å²) < 4.78 is 0. The molecule has 0 saturated heterocycles. The number of hydrogen-bond donors (Lipinski definition) is 2. The van der Waals surface area contributed by atoms with Gasteiger partial charge in [0.15, 0.2) is 6.29 Å². The molecule has 0 saturated carbocycles. The monoisotopic (exact) mass is 167 g/mol. The largest absolute Gasteiger partial charge is 0.477 e. The highest BCUT2D eigenvalue weighted by Gasteiger charge is 2.10. The maximum atomic E-state index is 11.0. The first-order chi connectivity index (χ1) is 5.66. The summed E-state index contributed by atoms with van der Waals surface area (Å²) in [6, 6.07) is 0. The van der Waals surface area contributed by atoms with E-state index in [0.29, 0.717) is 6.29 Å². The van der Waals surface area contributed by atoms with Crippen molar-refractivity contribution in [1.82, 2.24) is 4.98 Å². The molecule has 0 amide bonds. The van der Waals surface area contributed by atoms with Gasteiger partial charge in [-0.2, -0.15) is 0 Å². The number of aldehydes is 1. The highest BCUT2D eigenvalue weighted by Crippen LogP contribution is 1.90. The zero-order valence-corrected chi connectivity index (χ0v) is 5.90. The van der Waals surface area contributed by atoms with E-state index in [9.17, 15) is 14.4 Å². The van der Waals surface area contributed by atoms with Crippen molar-refractivity contribution in [1.29, 1.82) is 0 Å². The molecule has 0 aliphatic carbocycles. The lowest BCUT2D eigenvalue weighted by molar-refractivity contribution is 0.0695. The minimum Gasteiger partial charge on any atom is -0.477 e. The van der Waals surface area contributed by atoms with Crippen LogP contribution in [-0.4, -0.2) is 22.3 Å². The van der Waals surface area contributed by atoms with E-state index in [0.717, 1.165) is 12.4 Å². The van der Waals surface area contributed by atoms with E-state index in [-0.39, 0.29) is 5.56 Å². The fraction of sp³-hybridized carbons (Fsp3) is 0. The summed E-state index contributed by atoms with van der Waals surface area (Å²) in [5, 5.41) is 8.45. The number of H-pyrrole nitrogens is 1. The van der Waals surface area contributed by atoms with Gasteiger partial charge in [-0.25, -0.2) is 4.79 Å². The number of aromatic nitrogens is 1. The van der Waals surface area contributed by atoms with Crippen LogP contribution in [0.2, 0.25) is 0 Å². The van der Waals surface area contributed by atoms with Gasteiger partial charge in [-0.15, -0.1) is 0 Å². The third-order valence-electron chi connectivity index (χ3n) is 1.33. The molecule has 1 aromatic rings. The number of carbonyl (C=O) groups excluding carboxylic acids is 1. The number of pyridine rings is 1. The summed E-state index contributed by atoms with van der Waals surface area (Å²) in [6.07, 6.45) is 2.50. The number of aromatic carboxylic acids is 1. The molecule has 0 spiro atoms. The molecule has 2 N–H and O–H groups in total. The van der Waals surface area contributed by atoms with Gasteiger partial charge in [0.05, 0.1) is 5.56 Å². The van der Waals surface area contributed by atoms with Crippen LogP contribution in [0.25, 0.3) is 0 Å². The van der Waals surface area contributed by atoms with Crippen molar-refractivity contribution < 1.29 is 14.7 Å². The van der Waals surface area contributed by atoms with Gasteiger partial charge in [0, 0.05) is 12.4 Å². The second-order valence-corrected chi connectivity index (χ2v) is 2.08. The standard InChI is InChI=1S/C7H5NO4/c9-3-4-1-8-2-5(6(4)10)7(11)12/h1-3H,(H,8,10)(H,11,12). The molecule has 12 heavy (non-hydrogen) atoms. The Hall–Kier alpha value is -1.91. The van der Waals surface area contributed by atoms with Gasteiger partial charge in [0.2, 0.25) is 5.43 Å². The average Bonchev–Trinajstić information content (AvgIpc) is 2.04. The Morgan fingerprint density at radius 3 is 2.67 bits per heavy atom. The minimum atomic E-state index is -1.35. The Balaban J connectivity index is 3.43. The molecule has 1 heterocycles. The predicted molar refractivity (Wildman–Crippen MR) is 39.4 cm³/mol. The summed E-state index contributed by atoms with van der Waals surface area (Å²) in [5.74, 6) is -1.35. The summed E-state index contributed by atoms with van der Waals surface area (Å²) in [4.78, 5) is 33.9. The Bertz CT molecular complexity index is 379. The second-order valence-electron chi connectivity index (χ2n) is 2.08. The summed E-state index contributed by atoms with van der Waals surface area (Å²) in [6.45, 7) is 0. The van der Waals surface area contributed by atoms with E-state index in [1.165, 1.54) is 0 Å². The van der Waals surface area contributed by atoms with Gasteiger partial charge in [0.25, 0.3) is 0 Å². The van der Waals surface area contributed by atoms with Gasteiger partial charge in [-0.1, -0.05) is 0 Å². The lowest BCUT2D eigenvalue weighted by Gasteiger charge is -1.92. The molecule has 0 aromatic carbocycles. The van der Waals surface area contributed by atoms with E-state index in [4.69, 9.17) is 5.11 Å². The Morgan fingerprint density at radius 2 is 2.17 bits per heavy atom. The van der Waals surface area contributed by atoms with E-state index in [1.54, 1.807) is 0 Å². The van der Waals surface area contributed by atoms with Crippen LogP contribution in [0.3, 0.4) is 0 Å². The summed E-state index contributed by atoms with van der Waals surface area (Å²) >= 11 is 0. The minimum absolute atomic E-state index is 0.185. The summed E-state index contributed by atoms with van der Waals surface area (Å²) in [7, 11) is 0. The zero-order chi connectivity index (χ0) is 9.14. The number of carboxylic acid groups (broad SMARTS) is 1. The molecule has 0 radical (unpaired) electrons. The van der Waals surface area contributed by atoms with Crippen molar-refractivity contribution >= 4 is 12.3 Å². The van der Waals surface area contributed by atoms with Crippen molar-refractivity contribution in [2.45, 2.75) is 0 Å². The molecule has 0 unspecified atom stereocenters. The molecule has 1 rings (SSSR count). The van der Waals surface area contributed by atoms with E-state index in [2.05, 4.69) is 4.98 Å². The highest BCUT2D eigenvalue weighted by atomic mass is 16.4. The molecule has 0 fully saturated rings. The van der Waals surface area contributed by atoms with Crippen LogP contribution in [0, 0.1) is 0 Å². The Labute approximate surface area is 66.7 Å². The molecule has 5 nitrogen and oxygen atoms in total. The second kappa shape index (κ2) is 3.00. The Morgan fingerprint density at radius 1 is 1.50 bits per heavy atom. The van der Waals surface area contributed by atoms with Crippen LogP contribution in [-0.2, 0) is 0 Å². The first-order valence-corrected chi connectivity index (χ1v) is 3.06. The van der Waals surface area contributed by atoms with Crippen molar-refractivity contribution in [2.24, 2.45) is 0 Å². The maximum absolute atomic E-state index is 11.0. The number of hydrogen-bond acceptors (Lipinski definition) is 3. The third kappa shape index (κ3) is 1.24. The van der Waals surface area contributed by atoms with E-state index >= 15 is 0 Å². The first-order valence-electron chi connectivity index (χ1n) is 3.06. The summed E-state index contributed by atoms with van der Waals surface area (Å²) in [5.41, 5.74) is -1.38. The van der Waals surface area contributed by atoms with Crippen LogP contribution in [0.5, 0.6) is 0 Å². The maximum Gasteiger partial charge on any atom is 0.341 e. The van der Waals surface area contributed by atoms with Crippen molar-refractivity contribution in [3.63, 3.8) is 0 Å². The molecule has 0 aliphatic rings. The van der Waals surface area contributed by atoms with Crippen LogP contribution < -0.4 is 5.43 Å². The molecular formula is C7H5NO4. The van der Waals surface area contributed by atoms with Crippen molar-refractivity contribution in [2.75, 3.05) is 0 Å². The van der Waals surface area contributed by atoms with Gasteiger partial charge in [0.1, 0.15) is 5.56 Å². The van der Waals surface area contributed by atoms with Crippen LogP contribution in [0.4, 0.5) is 0 Å². The van der Waals surface area contributed by atoms with Gasteiger partial charge in [-0.3, -0.25) is 9.59 Å². The zero-order valence-electron chi connectivity index (χ0n) is 5.90. The van der Waals surface area contributed by atoms with Gasteiger partial charge >= 0.3 is 5.97 Å². The number of rotatable bonds is 2. The Kier molecular flexibility index (Phi) is 2.05. The number of nitrogens with one attached hydrogen (secondary N) is 1. The molecule has 0 aliphatic heterocycles. The predicted octanol–water partition coefficient (Wildman–Crippen LogP) is -0.114. The van der Waals surface area contributed by atoms with Gasteiger partial charge < -0.3 is 10.1 Å². The molecule has 5 heteroatoms. The van der Waals surface area contributed by atoms with Crippen LogP contribution in [0.1, 0.15) is 20.7 Å². The number of carbonyl (C=O) groups is 2.